The van der Waals surface area contributed by atoms with Gasteiger partial charge in [-0.15, -0.1) is 0 Å². The number of amides is 1. The summed E-state index contributed by atoms with van der Waals surface area (Å²) >= 11 is 0. The summed E-state index contributed by atoms with van der Waals surface area (Å²) in [6.07, 6.45) is 6.74. The van der Waals surface area contributed by atoms with E-state index < -0.39 is 0 Å². The molecular formula is C27H36FN3O3. The Labute approximate surface area is 201 Å². The second kappa shape index (κ2) is 10.8. The van der Waals surface area contributed by atoms with E-state index in [1.54, 1.807) is 29.3 Å². The first kappa shape index (κ1) is 24.6. The van der Waals surface area contributed by atoms with Crippen molar-refractivity contribution in [1.29, 1.82) is 0 Å². The van der Waals surface area contributed by atoms with Crippen LogP contribution in [0.4, 0.5) is 4.39 Å². The molecule has 1 aromatic carbocycles. The Bertz CT molecular complexity index is 978. The number of rotatable bonds is 7. The molecule has 1 N–H and O–H groups in total. The second-order valence-corrected chi connectivity index (χ2v) is 10.1. The first-order chi connectivity index (χ1) is 16.4. The van der Waals surface area contributed by atoms with Crippen LogP contribution >= 0.6 is 0 Å². The minimum Gasteiger partial charge on any atom is -0.472 e. The van der Waals surface area contributed by atoms with E-state index in [2.05, 4.69) is 23.9 Å². The van der Waals surface area contributed by atoms with Gasteiger partial charge in [0.05, 0.1) is 12.6 Å². The summed E-state index contributed by atoms with van der Waals surface area (Å²) in [5.74, 6) is 0.596. The molecule has 184 valence electrons. The van der Waals surface area contributed by atoms with Gasteiger partial charge in [-0.25, -0.2) is 9.37 Å². The summed E-state index contributed by atoms with van der Waals surface area (Å²) in [6, 6.07) is 7.57. The molecule has 0 unspecified atom stereocenters. The average Bonchev–Trinajstić information content (AvgIpc) is 3.34. The number of fused-ring (bicyclic) bond motifs is 1. The van der Waals surface area contributed by atoms with Gasteiger partial charge in [0, 0.05) is 37.3 Å². The molecule has 0 spiro atoms. The van der Waals surface area contributed by atoms with Crippen molar-refractivity contribution in [2.24, 2.45) is 11.8 Å². The molecule has 34 heavy (non-hydrogen) atoms. The normalized spacial score (nSPS) is 22.3. The van der Waals surface area contributed by atoms with E-state index in [0.717, 1.165) is 30.1 Å². The molecule has 0 radical (unpaired) electrons. The summed E-state index contributed by atoms with van der Waals surface area (Å²) in [7, 11) is 2.14. The molecule has 3 atom stereocenters. The van der Waals surface area contributed by atoms with Crippen LogP contribution < -0.4 is 4.74 Å². The van der Waals surface area contributed by atoms with E-state index >= 15 is 0 Å². The topological polar surface area (TPSA) is 65.9 Å². The van der Waals surface area contributed by atoms with Gasteiger partial charge in [0.2, 0.25) is 5.88 Å². The Kier molecular flexibility index (Phi) is 7.84. The lowest BCUT2D eigenvalue weighted by atomic mass is 9.98. The van der Waals surface area contributed by atoms with Crippen LogP contribution in [0.25, 0.3) is 11.1 Å². The summed E-state index contributed by atoms with van der Waals surface area (Å²) < 4.78 is 19.8. The number of likely N-dealkylation sites (N-methyl/N-ethyl adjacent to an activating group) is 1. The smallest absolute Gasteiger partial charge is 0.259 e. The number of carbonyl (C=O) groups excluding carboxylic acids is 1. The third kappa shape index (κ3) is 5.58. The fraction of sp³-hybridized carbons (Fsp3) is 0.556. The fourth-order valence-electron chi connectivity index (χ4n) is 5.14. The van der Waals surface area contributed by atoms with E-state index in [4.69, 9.17) is 4.74 Å². The first-order valence-corrected chi connectivity index (χ1v) is 12.4. The van der Waals surface area contributed by atoms with Crippen LogP contribution in [0.2, 0.25) is 0 Å². The van der Waals surface area contributed by atoms with Crippen LogP contribution in [0.3, 0.4) is 0 Å². The molecule has 1 aromatic heterocycles. The summed E-state index contributed by atoms with van der Waals surface area (Å²) in [5, 5.41) is 9.85. The predicted molar refractivity (Wildman–Crippen MR) is 130 cm³/mol. The standard InChI is InChI=1S/C27H36FN3O3/c1-18-14-31(19(2)17-32)27(33)24-12-22(21-8-10-23(28)11-9-21)13-29-26(24)34-25(18)16-30(3)15-20-6-4-5-7-20/h8-13,18-20,25,32H,4-7,14-17H2,1-3H3/t18-,19+,25+/m1/s1. The number of benzene rings is 1. The molecule has 4 rings (SSSR count). The highest BCUT2D eigenvalue weighted by Gasteiger charge is 2.34. The molecule has 1 aliphatic carbocycles. The zero-order chi connectivity index (χ0) is 24.2. The van der Waals surface area contributed by atoms with E-state index in [1.165, 1.54) is 37.8 Å². The quantitative estimate of drug-likeness (QED) is 0.658. The number of carbonyl (C=O) groups is 1. The van der Waals surface area contributed by atoms with Crippen LogP contribution in [-0.2, 0) is 0 Å². The lowest BCUT2D eigenvalue weighted by molar-refractivity contribution is 0.0320. The third-order valence-corrected chi connectivity index (χ3v) is 7.23. The van der Waals surface area contributed by atoms with Crippen molar-refractivity contribution in [3.63, 3.8) is 0 Å². The molecule has 2 heterocycles. The van der Waals surface area contributed by atoms with Crippen molar-refractivity contribution >= 4 is 5.91 Å². The summed E-state index contributed by atoms with van der Waals surface area (Å²) in [6.45, 7) is 6.11. The largest absolute Gasteiger partial charge is 0.472 e. The highest BCUT2D eigenvalue weighted by atomic mass is 19.1. The van der Waals surface area contributed by atoms with Crippen LogP contribution in [0.5, 0.6) is 5.88 Å². The Morgan fingerprint density at radius 3 is 2.59 bits per heavy atom. The fourth-order valence-corrected chi connectivity index (χ4v) is 5.14. The maximum atomic E-state index is 13.6. The minimum absolute atomic E-state index is 0.0655. The average molecular weight is 470 g/mol. The zero-order valence-electron chi connectivity index (χ0n) is 20.4. The van der Waals surface area contributed by atoms with Gasteiger partial charge < -0.3 is 19.6 Å². The van der Waals surface area contributed by atoms with Crippen LogP contribution in [-0.4, -0.2) is 71.2 Å². The number of ether oxygens (including phenoxy) is 1. The van der Waals surface area contributed by atoms with Crippen LogP contribution in [0, 0.1) is 17.7 Å². The number of aliphatic hydroxyl groups is 1. The van der Waals surface area contributed by atoms with E-state index in [9.17, 15) is 14.3 Å². The maximum absolute atomic E-state index is 13.6. The van der Waals surface area contributed by atoms with Gasteiger partial charge in [-0.1, -0.05) is 31.9 Å². The van der Waals surface area contributed by atoms with Crippen molar-refractivity contribution in [1.82, 2.24) is 14.8 Å². The molecule has 2 aliphatic rings. The summed E-state index contributed by atoms with van der Waals surface area (Å²) in [5.41, 5.74) is 1.86. The highest BCUT2D eigenvalue weighted by molar-refractivity contribution is 5.98. The zero-order valence-corrected chi connectivity index (χ0v) is 20.4. The first-order valence-electron chi connectivity index (χ1n) is 12.4. The molecule has 0 bridgehead atoms. The highest BCUT2D eigenvalue weighted by Crippen LogP contribution is 2.31. The Morgan fingerprint density at radius 2 is 1.91 bits per heavy atom. The molecule has 1 saturated carbocycles. The monoisotopic (exact) mass is 469 g/mol. The Hall–Kier alpha value is -2.51. The molecule has 2 aromatic rings. The van der Waals surface area contributed by atoms with Crippen molar-refractivity contribution in [2.45, 2.75) is 51.7 Å². The van der Waals surface area contributed by atoms with Gasteiger partial charge in [0.15, 0.2) is 0 Å². The van der Waals surface area contributed by atoms with Gasteiger partial charge in [0.1, 0.15) is 17.5 Å². The van der Waals surface area contributed by atoms with E-state index in [0.29, 0.717) is 18.0 Å². The van der Waals surface area contributed by atoms with Crippen LogP contribution in [0.15, 0.2) is 36.5 Å². The number of aromatic nitrogens is 1. The molecule has 1 fully saturated rings. The van der Waals surface area contributed by atoms with Gasteiger partial charge in [-0.3, -0.25) is 4.79 Å². The van der Waals surface area contributed by atoms with Crippen LogP contribution in [0.1, 0.15) is 49.9 Å². The maximum Gasteiger partial charge on any atom is 0.259 e. The Morgan fingerprint density at radius 1 is 1.21 bits per heavy atom. The van der Waals surface area contributed by atoms with E-state index in [-0.39, 0.29) is 36.4 Å². The van der Waals surface area contributed by atoms with E-state index in [1.807, 2.05) is 6.92 Å². The van der Waals surface area contributed by atoms with Crippen molar-refractivity contribution in [2.75, 3.05) is 33.3 Å². The lowest BCUT2D eigenvalue weighted by Gasteiger charge is -2.38. The number of nitrogens with zero attached hydrogens (tertiary/aromatic N) is 3. The van der Waals surface area contributed by atoms with Gasteiger partial charge in [-0.2, -0.15) is 0 Å². The van der Waals surface area contributed by atoms with Crippen molar-refractivity contribution in [3.05, 3.63) is 47.9 Å². The SMILES string of the molecule is C[C@@H]1CN([C@@H](C)CO)C(=O)c2cc(-c3ccc(F)cc3)cnc2O[C@H]1CN(C)CC1CCCC1. The number of pyridine rings is 1. The predicted octanol–water partition coefficient (Wildman–Crippen LogP) is 4.23. The van der Waals surface area contributed by atoms with Crippen molar-refractivity contribution < 1.29 is 19.0 Å². The molecule has 6 nitrogen and oxygen atoms in total. The third-order valence-electron chi connectivity index (χ3n) is 7.23. The number of halogens is 1. The Balaban J connectivity index is 1.64. The van der Waals surface area contributed by atoms with Gasteiger partial charge >= 0.3 is 0 Å². The molecule has 0 saturated heterocycles. The molecular weight excluding hydrogens is 433 g/mol. The van der Waals surface area contributed by atoms with Gasteiger partial charge in [0.25, 0.3) is 5.91 Å². The van der Waals surface area contributed by atoms with Gasteiger partial charge in [-0.05, 0) is 56.5 Å². The second-order valence-electron chi connectivity index (χ2n) is 10.1. The minimum atomic E-state index is -0.327. The molecule has 7 heteroatoms. The number of hydrogen-bond donors (Lipinski definition) is 1. The summed E-state index contributed by atoms with van der Waals surface area (Å²) in [4.78, 5) is 22.2. The number of hydrogen-bond acceptors (Lipinski definition) is 5. The lowest BCUT2D eigenvalue weighted by Crippen LogP contribution is -2.50. The number of aliphatic hydroxyl groups excluding tert-OH is 1. The molecule has 1 amide bonds. The van der Waals surface area contributed by atoms with Crippen molar-refractivity contribution in [3.8, 4) is 17.0 Å². The molecule has 1 aliphatic heterocycles.